The van der Waals surface area contributed by atoms with Crippen molar-refractivity contribution in [1.82, 2.24) is 15.5 Å². The van der Waals surface area contributed by atoms with E-state index in [1.54, 1.807) is 20.2 Å². The minimum atomic E-state index is 0. The van der Waals surface area contributed by atoms with Gasteiger partial charge < -0.3 is 20.1 Å². The summed E-state index contributed by atoms with van der Waals surface area (Å²) in [6, 6.07) is 8.74. The van der Waals surface area contributed by atoms with Gasteiger partial charge in [0, 0.05) is 51.9 Å². The summed E-state index contributed by atoms with van der Waals surface area (Å²) in [5.74, 6) is 1.67. The Hall–Kier alpha value is -1.32. The van der Waals surface area contributed by atoms with Gasteiger partial charge in [-0.2, -0.15) is 0 Å². The first-order valence-electron chi connectivity index (χ1n) is 9.27. The van der Waals surface area contributed by atoms with E-state index in [0.29, 0.717) is 13.2 Å². The Morgan fingerprint density at radius 1 is 1.30 bits per heavy atom. The van der Waals surface area contributed by atoms with Crippen molar-refractivity contribution in [2.75, 3.05) is 47.0 Å². The average Bonchev–Trinajstić information content (AvgIpc) is 3.51. The minimum Gasteiger partial charge on any atom is -0.489 e. The smallest absolute Gasteiger partial charge is 0.191 e. The van der Waals surface area contributed by atoms with Crippen LogP contribution in [0.4, 0.5) is 0 Å². The van der Waals surface area contributed by atoms with Crippen LogP contribution in [0.3, 0.4) is 0 Å². The molecule has 0 radical (unpaired) electrons. The number of guanidine groups is 1. The fourth-order valence-corrected chi connectivity index (χ4v) is 2.78. The molecule has 0 spiro atoms. The molecule has 2 N–H and O–H groups in total. The molecule has 7 heteroatoms. The second-order valence-corrected chi connectivity index (χ2v) is 6.32. The maximum absolute atomic E-state index is 5.70. The molecule has 0 bridgehead atoms. The monoisotopic (exact) mass is 488 g/mol. The summed E-state index contributed by atoms with van der Waals surface area (Å²) in [6.07, 6.45) is 4.36. The van der Waals surface area contributed by atoms with Gasteiger partial charge >= 0.3 is 0 Å². The fourth-order valence-electron chi connectivity index (χ4n) is 2.78. The fraction of sp³-hybridized carbons (Fsp3) is 0.550. The number of hydrogen-bond donors (Lipinski definition) is 2. The third-order valence-corrected chi connectivity index (χ3v) is 4.34. The summed E-state index contributed by atoms with van der Waals surface area (Å²) in [6.45, 7) is 8.47. The van der Waals surface area contributed by atoms with Crippen LogP contribution in [-0.2, 0) is 11.3 Å². The largest absolute Gasteiger partial charge is 0.489 e. The van der Waals surface area contributed by atoms with E-state index in [9.17, 15) is 0 Å². The van der Waals surface area contributed by atoms with E-state index in [4.69, 9.17) is 9.47 Å². The molecule has 27 heavy (non-hydrogen) atoms. The molecule has 1 aromatic rings. The van der Waals surface area contributed by atoms with E-state index in [1.165, 1.54) is 12.8 Å². The van der Waals surface area contributed by atoms with E-state index in [0.717, 1.165) is 49.6 Å². The lowest BCUT2D eigenvalue weighted by atomic mass is 10.2. The highest BCUT2D eigenvalue weighted by atomic mass is 127. The van der Waals surface area contributed by atoms with Crippen molar-refractivity contribution in [2.45, 2.75) is 25.4 Å². The van der Waals surface area contributed by atoms with Crippen molar-refractivity contribution >= 4 is 29.9 Å². The van der Waals surface area contributed by atoms with E-state index in [-0.39, 0.29) is 24.0 Å². The van der Waals surface area contributed by atoms with Crippen molar-refractivity contribution in [1.29, 1.82) is 0 Å². The van der Waals surface area contributed by atoms with Crippen molar-refractivity contribution in [3.63, 3.8) is 0 Å². The summed E-state index contributed by atoms with van der Waals surface area (Å²) in [4.78, 5) is 6.80. The first kappa shape index (κ1) is 23.7. The third-order valence-electron chi connectivity index (χ3n) is 4.34. The quantitative estimate of drug-likeness (QED) is 0.205. The zero-order chi connectivity index (χ0) is 18.6. The molecule has 2 rings (SSSR count). The predicted molar refractivity (Wildman–Crippen MR) is 122 cm³/mol. The van der Waals surface area contributed by atoms with Crippen LogP contribution in [0, 0.1) is 0 Å². The molecule has 0 aliphatic heterocycles. The number of para-hydroxylation sites is 1. The first-order chi connectivity index (χ1) is 12.8. The van der Waals surface area contributed by atoms with Gasteiger partial charge in [0.25, 0.3) is 0 Å². The summed E-state index contributed by atoms with van der Waals surface area (Å²) in [7, 11) is 3.55. The van der Waals surface area contributed by atoms with Crippen molar-refractivity contribution < 1.29 is 9.47 Å². The van der Waals surface area contributed by atoms with Gasteiger partial charge in [0.2, 0.25) is 0 Å². The van der Waals surface area contributed by atoms with Gasteiger partial charge in [0.15, 0.2) is 5.96 Å². The highest BCUT2D eigenvalue weighted by Crippen LogP contribution is 2.26. The van der Waals surface area contributed by atoms with Gasteiger partial charge in [0.05, 0.1) is 6.61 Å². The number of aliphatic imine (C=N–C) groups is 1. The Morgan fingerprint density at radius 2 is 2.07 bits per heavy atom. The number of ether oxygens (including phenoxy) is 2. The van der Waals surface area contributed by atoms with Gasteiger partial charge in [-0.1, -0.05) is 30.9 Å². The Morgan fingerprint density at radius 3 is 2.74 bits per heavy atom. The topological polar surface area (TPSA) is 58.1 Å². The maximum atomic E-state index is 5.70. The number of methoxy groups -OCH3 is 1. The summed E-state index contributed by atoms with van der Waals surface area (Å²) in [5, 5.41) is 6.75. The predicted octanol–water partition coefficient (Wildman–Crippen LogP) is 2.65. The molecule has 0 heterocycles. The SMILES string of the molecule is C=CCOc1ccccc1CNC(=NC)NCCN(CCOC)C1CC1.I. The molecule has 6 nitrogen and oxygen atoms in total. The Kier molecular flexibility index (Phi) is 12.1. The van der Waals surface area contributed by atoms with Crippen molar-refractivity contribution in [2.24, 2.45) is 4.99 Å². The van der Waals surface area contributed by atoms with Gasteiger partial charge in [-0.25, -0.2) is 0 Å². The second kappa shape index (κ2) is 13.8. The summed E-state index contributed by atoms with van der Waals surface area (Å²) in [5.41, 5.74) is 1.09. The van der Waals surface area contributed by atoms with E-state index >= 15 is 0 Å². The van der Waals surface area contributed by atoms with E-state index in [1.807, 2.05) is 18.2 Å². The van der Waals surface area contributed by atoms with Crippen LogP contribution in [0.15, 0.2) is 41.9 Å². The third kappa shape index (κ3) is 8.94. The molecule has 0 amide bonds. The van der Waals surface area contributed by atoms with Crippen LogP contribution < -0.4 is 15.4 Å². The number of nitrogens with zero attached hydrogens (tertiary/aromatic N) is 2. The number of halogens is 1. The molecule has 0 aromatic heterocycles. The van der Waals surface area contributed by atoms with Crippen LogP contribution in [0.25, 0.3) is 0 Å². The number of hydrogen-bond acceptors (Lipinski definition) is 4. The molecular formula is C20H33IN4O2. The standard InChI is InChI=1S/C20H32N4O2.HI/c1-4-14-26-19-8-6-5-7-17(19)16-23-20(21-2)22-11-12-24(13-15-25-3)18-9-10-18;/h4-8,18H,1,9-16H2,2-3H3,(H2,21,22,23);1H. The minimum absolute atomic E-state index is 0. The molecule has 1 aliphatic rings. The van der Waals surface area contributed by atoms with Gasteiger partial charge in [-0.3, -0.25) is 9.89 Å². The molecule has 1 saturated carbocycles. The average molecular weight is 488 g/mol. The number of nitrogens with one attached hydrogen (secondary N) is 2. The van der Waals surface area contributed by atoms with Crippen molar-refractivity contribution in [3.8, 4) is 5.75 Å². The second-order valence-electron chi connectivity index (χ2n) is 6.32. The van der Waals surface area contributed by atoms with Gasteiger partial charge in [-0.15, -0.1) is 24.0 Å². The number of rotatable bonds is 12. The lowest BCUT2D eigenvalue weighted by Gasteiger charge is -2.22. The van der Waals surface area contributed by atoms with Crippen LogP contribution in [0.5, 0.6) is 5.75 Å². The van der Waals surface area contributed by atoms with Crippen molar-refractivity contribution in [3.05, 3.63) is 42.5 Å². The molecule has 1 aliphatic carbocycles. The van der Waals surface area contributed by atoms with Crippen LogP contribution in [0.2, 0.25) is 0 Å². The van der Waals surface area contributed by atoms with Gasteiger partial charge in [-0.05, 0) is 18.9 Å². The highest BCUT2D eigenvalue weighted by molar-refractivity contribution is 14.0. The summed E-state index contributed by atoms with van der Waals surface area (Å²) >= 11 is 0. The summed E-state index contributed by atoms with van der Waals surface area (Å²) < 4.78 is 10.9. The zero-order valence-corrected chi connectivity index (χ0v) is 18.8. The maximum Gasteiger partial charge on any atom is 0.191 e. The molecule has 1 aromatic carbocycles. The first-order valence-corrected chi connectivity index (χ1v) is 9.27. The highest BCUT2D eigenvalue weighted by Gasteiger charge is 2.28. The lowest BCUT2D eigenvalue weighted by molar-refractivity contribution is 0.144. The Balaban J connectivity index is 0.00000364. The lowest BCUT2D eigenvalue weighted by Crippen LogP contribution is -2.42. The van der Waals surface area contributed by atoms with Gasteiger partial charge in [0.1, 0.15) is 12.4 Å². The Bertz CT molecular complexity index is 579. The Labute approximate surface area is 180 Å². The van der Waals surface area contributed by atoms with Crippen LogP contribution in [0.1, 0.15) is 18.4 Å². The molecule has 152 valence electrons. The molecule has 1 fully saturated rings. The number of benzene rings is 1. The zero-order valence-electron chi connectivity index (χ0n) is 16.4. The van der Waals surface area contributed by atoms with Crippen LogP contribution >= 0.6 is 24.0 Å². The van der Waals surface area contributed by atoms with E-state index in [2.05, 4.69) is 33.2 Å². The molecule has 0 atom stereocenters. The molecule has 0 saturated heterocycles. The van der Waals surface area contributed by atoms with E-state index < -0.39 is 0 Å². The molecular weight excluding hydrogens is 455 g/mol. The normalized spacial score (nSPS) is 13.8. The van der Waals surface area contributed by atoms with Crippen LogP contribution in [-0.4, -0.2) is 63.9 Å². The molecule has 0 unspecified atom stereocenters.